The predicted molar refractivity (Wildman–Crippen MR) is 121 cm³/mol. The number of aliphatic hydroxyl groups excluding tert-OH is 2. The van der Waals surface area contributed by atoms with Crippen LogP contribution < -0.4 is 11.1 Å². The number of hydrogen-bond acceptors (Lipinski definition) is 9. The number of aliphatic hydroxyl groups is 2. The van der Waals surface area contributed by atoms with Gasteiger partial charge in [-0.05, 0) is 37.7 Å². The molecular formula is C21H28ClN7O3. The van der Waals surface area contributed by atoms with Crippen LogP contribution in [0.25, 0.3) is 11.2 Å². The summed E-state index contributed by atoms with van der Waals surface area (Å²) in [6.45, 7) is 2.89. The van der Waals surface area contributed by atoms with E-state index in [9.17, 15) is 10.2 Å². The van der Waals surface area contributed by atoms with Gasteiger partial charge >= 0.3 is 0 Å². The Morgan fingerprint density at radius 2 is 1.94 bits per heavy atom. The van der Waals surface area contributed by atoms with Crippen LogP contribution in [0.2, 0.25) is 5.02 Å². The highest BCUT2D eigenvalue weighted by atomic mass is 35.5. The van der Waals surface area contributed by atoms with Gasteiger partial charge in [0.25, 0.3) is 0 Å². The summed E-state index contributed by atoms with van der Waals surface area (Å²) in [5, 5.41) is 25.3. The number of nitrogens with one attached hydrogen (secondary N) is 1. The van der Waals surface area contributed by atoms with Crippen molar-refractivity contribution in [1.82, 2.24) is 29.7 Å². The Kier molecular flexibility index (Phi) is 7.19. The molecule has 1 aliphatic heterocycles. The molecule has 11 heteroatoms. The Bertz CT molecular complexity index is 1030. The van der Waals surface area contributed by atoms with Crippen LogP contribution in [0.3, 0.4) is 0 Å². The number of nitrogens with zero attached hydrogens (tertiary/aromatic N) is 5. The minimum atomic E-state index is -1.11. The Balaban J connectivity index is 1.26. The van der Waals surface area contributed by atoms with Crippen molar-refractivity contribution >= 4 is 28.6 Å². The van der Waals surface area contributed by atoms with Gasteiger partial charge in [0.2, 0.25) is 0 Å². The number of likely N-dealkylation sites (N-methyl/N-ethyl adjacent to an activating group) is 1. The summed E-state index contributed by atoms with van der Waals surface area (Å²) in [7, 11) is 1.96. The van der Waals surface area contributed by atoms with Crippen molar-refractivity contribution in [3.05, 3.63) is 47.5 Å². The molecule has 1 fully saturated rings. The lowest BCUT2D eigenvalue weighted by Gasteiger charge is -2.23. The minimum Gasteiger partial charge on any atom is -0.387 e. The highest BCUT2D eigenvalue weighted by Gasteiger charge is 2.44. The zero-order valence-electron chi connectivity index (χ0n) is 17.8. The maximum absolute atomic E-state index is 10.6. The largest absolute Gasteiger partial charge is 0.387 e. The first-order valence-corrected chi connectivity index (χ1v) is 10.9. The number of nitrogen functional groups attached to an aromatic ring is 1. The second-order valence-electron chi connectivity index (χ2n) is 8.02. The van der Waals surface area contributed by atoms with Gasteiger partial charge in [-0.2, -0.15) is 0 Å². The number of ether oxygens (including phenoxy) is 1. The molecule has 0 aliphatic carbocycles. The Labute approximate surface area is 191 Å². The van der Waals surface area contributed by atoms with E-state index in [1.165, 1.54) is 18.2 Å². The fourth-order valence-electron chi connectivity index (χ4n) is 3.84. The predicted octanol–water partition coefficient (Wildman–Crippen LogP) is 0.445. The lowest BCUT2D eigenvalue weighted by atomic mass is 10.1. The van der Waals surface area contributed by atoms with Gasteiger partial charge < -0.3 is 30.9 Å². The van der Waals surface area contributed by atoms with E-state index in [1.54, 1.807) is 4.57 Å². The number of hydrogen-bond donors (Lipinski definition) is 4. The molecule has 1 saturated heterocycles. The lowest BCUT2D eigenvalue weighted by Crippen LogP contribution is -2.40. The normalized spacial score (nSPS) is 23.4. The molecule has 5 N–H and O–H groups in total. The molecule has 0 saturated carbocycles. The summed E-state index contributed by atoms with van der Waals surface area (Å²) in [5.74, 6) is 0.252. The van der Waals surface area contributed by atoms with Gasteiger partial charge in [0.15, 0.2) is 17.7 Å². The maximum atomic E-state index is 10.6. The van der Waals surface area contributed by atoms with Crippen molar-refractivity contribution in [3.63, 3.8) is 0 Å². The van der Waals surface area contributed by atoms with E-state index in [0.717, 1.165) is 31.1 Å². The van der Waals surface area contributed by atoms with Crippen LogP contribution in [0, 0.1) is 0 Å². The van der Waals surface area contributed by atoms with E-state index < -0.39 is 24.5 Å². The first-order chi connectivity index (χ1) is 15.4. The number of fused-ring (bicyclic) bond motifs is 1. The molecule has 0 amide bonds. The first-order valence-electron chi connectivity index (χ1n) is 10.5. The number of imidazole rings is 1. The van der Waals surface area contributed by atoms with Crippen molar-refractivity contribution in [1.29, 1.82) is 0 Å². The van der Waals surface area contributed by atoms with E-state index in [1.807, 2.05) is 31.3 Å². The Morgan fingerprint density at radius 3 is 2.72 bits per heavy atom. The molecule has 3 heterocycles. The number of rotatable bonds is 9. The third kappa shape index (κ3) is 5.01. The van der Waals surface area contributed by atoms with Crippen LogP contribution in [0.1, 0.15) is 11.8 Å². The van der Waals surface area contributed by atoms with Crippen molar-refractivity contribution in [2.75, 3.05) is 39.0 Å². The van der Waals surface area contributed by atoms with Gasteiger partial charge in [0.05, 0.1) is 6.33 Å². The zero-order valence-corrected chi connectivity index (χ0v) is 18.6. The summed E-state index contributed by atoms with van der Waals surface area (Å²) in [5.41, 5.74) is 7.95. The smallest absolute Gasteiger partial charge is 0.167 e. The molecular weight excluding hydrogens is 434 g/mol. The van der Waals surface area contributed by atoms with E-state index in [4.69, 9.17) is 22.1 Å². The SMILES string of the molecule is CN(CCNCCc1ccc(Cl)cc1)C[C@H]1O[C@@H](n2cnc3c(N)ncnc32)[C@H](O)[C@@H]1O. The zero-order chi connectivity index (χ0) is 22.7. The molecule has 2 aromatic heterocycles. The van der Waals surface area contributed by atoms with Crippen molar-refractivity contribution < 1.29 is 14.9 Å². The molecule has 0 unspecified atom stereocenters. The van der Waals surface area contributed by atoms with Crippen LogP contribution >= 0.6 is 11.6 Å². The number of halogens is 1. The Morgan fingerprint density at radius 1 is 1.16 bits per heavy atom. The second-order valence-corrected chi connectivity index (χ2v) is 8.45. The maximum Gasteiger partial charge on any atom is 0.167 e. The first kappa shape index (κ1) is 22.8. The fraction of sp³-hybridized carbons (Fsp3) is 0.476. The average Bonchev–Trinajstić information content (AvgIpc) is 3.32. The van der Waals surface area contributed by atoms with Crippen LogP contribution in [-0.2, 0) is 11.2 Å². The monoisotopic (exact) mass is 461 g/mol. The van der Waals surface area contributed by atoms with E-state index in [-0.39, 0.29) is 5.82 Å². The molecule has 10 nitrogen and oxygen atoms in total. The minimum absolute atomic E-state index is 0.252. The molecule has 1 aliphatic rings. The standard InChI is InChI=1S/C21H28ClN7O3/c1-28(9-8-24-7-6-13-2-4-14(22)5-3-13)10-15-17(30)18(31)21(32-15)29-12-27-16-19(23)25-11-26-20(16)29/h2-5,11-12,15,17-18,21,24,30-31H,6-10H2,1H3,(H2,23,25,26)/t15-,17-,18-,21-/m1/s1. The molecule has 32 heavy (non-hydrogen) atoms. The second kappa shape index (κ2) is 10.1. The van der Waals surface area contributed by atoms with Crippen molar-refractivity contribution in [2.45, 2.75) is 31.0 Å². The third-order valence-electron chi connectivity index (χ3n) is 5.66. The number of aromatic nitrogens is 4. The Hall–Kier alpha value is -2.34. The van der Waals surface area contributed by atoms with Gasteiger partial charge in [-0.15, -0.1) is 0 Å². The van der Waals surface area contributed by atoms with Gasteiger partial charge in [-0.1, -0.05) is 23.7 Å². The van der Waals surface area contributed by atoms with Gasteiger partial charge in [-0.25, -0.2) is 15.0 Å². The van der Waals surface area contributed by atoms with Crippen LogP contribution in [0.15, 0.2) is 36.9 Å². The van der Waals surface area contributed by atoms with E-state index >= 15 is 0 Å². The topological polar surface area (TPSA) is 135 Å². The van der Waals surface area contributed by atoms with Crippen molar-refractivity contribution in [2.24, 2.45) is 0 Å². The van der Waals surface area contributed by atoms with Crippen LogP contribution in [0.5, 0.6) is 0 Å². The molecule has 0 bridgehead atoms. The van der Waals surface area contributed by atoms with Gasteiger partial charge in [-0.3, -0.25) is 4.57 Å². The number of anilines is 1. The average molecular weight is 462 g/mol. The third-order valence-corrected chi connectivity index (χ3v) is 5.92. The summed E-state index contributed by atoms with van der Waals surface area (Å²) in [6, 6.07) is 7.85. The molecule has 3 aromatic rings. The van der Waals surface area contributed by atoms with Gasteiger partial charge in [0.1, 0.15) is 30.2 Å². The number of nitrogens with two attached hydrogens (primary N) is 1. The summed E-state index contributed by atoms with van der Waals surface area (Å²) >= 11 is 5.91. The van der Waals surface area contributed by atoms with Crippen LogP contribution in [-0.4, -0.2) is 86.2 Å². The molecule has 0 spiro atoms. The molecule has 4 atom stereocenters. The highest BCUT2D eigenvalue weighted by Crippen LogP contribution is 2.32. The highest BCUT2D eigenvalue weighted by molar-refractivity contribution is 6.30. The van der Waals surface area contributed by atoms with Crippen LogP contribution in [0.4, 0.5) is 5.82 Å². The number of benzene rings is 1. The quantitative estimate of drug-likeness (QED) is 0.335. The lowest BCUT2D eigenvalue weighted by molar-refractivity contribution is -0.0420. The fourth-order valence-corrected chi connectivity index (χ4v) is 3.97. The molecule has 0 radical (unpaired) electrons. The molecule has 1 aromatic carbocycles. The van der Waals surface area contributed by atoms with E-state index in [2.05, 4.69) is 25.2 Å². The van der Waals surface area contributed by atoms with Gasteiger partial charge in [0, 0.05) is 24.7 Å². The molecule has 172 valence electrons. The van der Waals surface area contributed by atoms with E-state index in [0.29, 0.717) is 17.7 Å². The molecule has 4 rings (SSSR count). The summed E-state index contributed by atoms with van der Waals surface area (Å²) < 4.78 is 7.58. The summed E-state index contributed by atoms with van der Waals surface area (Å²) in [6.07, 6.45) is 0.250. The van der Waals surface area contributed by atoms with Crippen molar-refractivity contribution in [3.8, 4) is 0 Å². The summed E-state index contributed by atoms with van der Waals surface area (Å²) in [4.78, 5) is 14.4.